The zero-order valence-electron chi connectivity index (χ0n) is 14.7. The Hall–Kier alpha value is -3.19. The van der Waals surface area contributed by atoms with Gasteiger partial charge < -0.3 is 20.0 Å². The number of carbonyl (C=O) groups is 3. The van der Waals surface area contributed by atoms with Gasteiger partial charge in [-0.3, -0.25) is 14.4 Å². The fourth-order valence-corrected chi connectivity index (χ4v) is 3.57. The highest BCUT2D eigenvalue weighted by Crippen LogP contribution is 2.41. The zero-order valence-corrected chi connectivity index (χ0v) is 14.7. The van der Waals surface area contributed by atoms with Crippen LogP contribution in [0.4, 0.5) is 0 Å². The first kappa shape index (κ1) is 17.2. The Bertz CT molecular complexity index is 990. The number of hydrogen-bond donors (Lipinski definition) is 2. The van der Waals surface area contributed by atoms with E-state index in [-0.39, 0.29) is 27.8 Å². The quantitative estimate of drug-likeness (QED) is 0.629. The molecule has 1 amide bonds. The molecule has 0 atom stereocenters. The van der Waals surface area contributed by atoms with Crippen LogP contribution < -0.4 is 0 Å². The van der Waals surface area contributed by atoms with Crippen molar-refractivity contribution >= 4 is 17.5 Å². The summed E-state index contributed by atoms with van der Waals surface area (Å²) in [4.78, 5) is 42.0. The minimum Gasteiger partial charge on any atom is -0.504 e. The van der Waals surface area contributed by atoms with E-state index in [9.17, 15) is 24.6 Å². The molecule has 0 unspecified atom stereocenters. The average Bonchev–Trinajstić information content (AvgIpc) is 2.68. The lowest BCUT2D eigenvalue weighted by Crippen LogP contribution is -2.47. The molecule has 4 rings (SSSR count). The number of benzene rings is 2. The molecule has 2 N–H and O–H groups in total. The number of hydrogen-bond acceptors (Lipinski definition) is 6. The van der Waals surface area contributed by atoms with Crippen LogP contribution in [-0.2, 0) is 0 Å². The molecule has 0 aromatic heterocycles. The molecule has 0 bridgehead atoms. The Balaban J connectivity index is 1.81. The Morgan fingerprint density at radius 3 is 2.11 bits per heavy atom. The van der Waals surface area contributed by atoms with E-state index in [1.165, 1.54) is 18.2 Å². The average molecular weight is 366 g/mol. The second-order valence-corrected chi connectivity index (χ2v) is 6.84. The molecule has 0 radical (unpaired) electrons. The molecule has 7 heteroatoms. The van der Waals surface area contributed by atoms with Crippen LogP contribution >= 0.6 is 0 Å². The van der Waals surface area contributed by atoms with Crippen molar-refractivity contribution in [3.05, 3.63) is 58.1 Å². The van der Waals surface area contributed by atoms with E-state index in [0.29, 0.717) is 26.2 Å². The number of likely N-dealkylation sites (N-methyl/N-ethyl adjacent to an activating group) is 1. The number of ketones is 2. The molecule has 0 saturated carbocycles. The van der Waals surface area contributed by atoms with E-state index < -0.39 is 29.0 Å². The maximum absolute atomic E-state index is 12.8. The summed E-state index contributed by atoms with van der Waals surface area (Å²) < 4.78 is 0. The predicted octanol–water partition coefficient (Wildman–Crippen LogP) is 1.26. The maximum atomic E-state index is 12.8. The third-order valence-corrected chi connectivity index (χ3v) is 5.18. The highest BCUT2D eigenvalue weighted by Gasteiger charge is 2.36. The highest BCUT2D eigenvalue weighted by atomic mass is 16.3. The van der Waals surface area contributed by atoms with Crippen LogP contribution in [0.25, 0.3) is 0 Å². The third kappa shape index (κ3) is 2.59. The molecule has 1 aliphatic carbocycles. The summed E-state index contributed by atoms with van der Waals surface area (Å²) in [6, 6.07) is 7.52. The topological polar surface area (TPSA) is 98.2 Å². The van der Waals surface area contributed by atoms with Gasteiger partial charge in [-0.05, 0) is 13.1 Å². The van der Waals surface area contributed by atoms with E-state index in [2.05, 4.69) is 4.90 Å². The molecule has 0 spiro atoms. The van der Waals surface area contributed by atoms with Crippen LogP contribution in [0.2, 0.25) is 0 Å². The summed E-state index contributed by atoms with van der Waals surface area (Å²) in [5.74, 6) is -2.87. The lowest BCUT2D eigenvalue weighted by molar-refractivity contribution is 0.0660. The lowest BCUT2D eigenvalue weighted by atomic mass is 9.82. The van der Waals surface area contributed by atoms with E-state index in [1.54, 1.807) is 17.0 Å². The molecule has 138 valence electrons. The van der Waals surface area contributed by atoms with Gasteiger partial charge in [0.1, 0.15) is 0 Å². The first-order chi connectivity index (χ1) is 12.9. The Kier molecular flexibility index (Phi) is 3.96. The van der Waals surface area contributed by atoms with Crippen molar-refractivity contribution in [1.29, 1.82) is 0 Å². The van der Waals surface area contributed by atoms with Gasteiger partial charge in [0.05, 0.1) is 11.1 Å². The van der Waals surface area contributed by atoms with Crippen molar-refractivity contribution in [1.82, 2.24) is 9.80 Å². The molecule has 1 aliphatic heterocycles. The van der Waals surface area contributed by atoms with Crippen LogP contribution in [0.1, 0.15) is 42.2 Å². The largest absolute Gasteiger partial charge is 0.504 e. The molecule has 2 aliphatic rings. The fourth-order valence-electron chi connectivity index (χ4n) is 3.57. The van der Waals surface area contributed by atoms with Gasteiger partial charge in [0.25, 0.3) is 5.91 Å². The molecule has 27 heavy (non-hydrogen) atoms. The second-order valence-electron chi connectivity index (χ2n) is 6.84. The van der Waals surface area contributed by atoms with Gasteiger partial charge in [-0.1, -0.05) is 24.3 Å². The van der Waals surface area contributed by atoms with E-state index in [1.807, 2.05) is 7.05 Å². The first-order valence-corrected chi connectivity index (χ1v) is 8.65. The first-order valence-electron chi connectivity index (χ1n) is 8.65. The Labute approximate surface area is 155 Å². The molecule has 1 saturated heterocycles. The maximum Gasteiger partial charge on any atom is 0.257 e. The smallest absolute Gasteiger partial charge is 0.257 e. The summed E-state index contributed by atoms with van der Waals surface area (Å²) in [6.45, 7) is 2.33. The van der Waals surface area contributed by atoms with Gasteiger partial charge in [0.2, 0.25) is 0 Å². The SMILES string of the molecule is CN1CCN(C(=O)c2cc3c(c(O)c2O)C(=O)c2ccccc2C3=O)CC1. The van der Waals surface area contributed by atoms with Gasteiger partial charge in [-0.15, -0.1) is 0 Å². The number of nitrogens with zero attached hydrogens (tertiary/aromatic N) is 2. The number of phenolic OH excluding ortho intramolecular Hbond substituents is 2. The number of carbonyl (C=O) groups excluding carboxylic acids is 3. The third-order valence-electron chi connectivity index (χ3n) is 5.18. The predicted molar refractivity (Wildman–Crippen MR) is 96.5 cm³/mol. The Morgan fingerprint density at radius 1 is 0.889 bits per heavy atom. The van der Waals surface area contributed by atoms with Crippen LogP contribution in [0.3, 0.4) is 0 Å². The monoisotopic (exact) mass is 366 g/mol. The number of amides is 1. The highest BCUT2D eigenvalue weighted by molar-refractivity contribution is 6.30. The van der Waals surface area contributed by atoms with Gasteiger partial charge >= 0.3 is 0 Å². The second kappa shape index (κ2) is 6.21. The van der Waals surface area contributed by atoms with Gasteiger partial charge in [0, 0.05) is 42.9 Å². The lowest BCUT2D eigenvalue weighted by Gasteiger charge is -2.32. The molecule has 2 aromatic rings. The van der Waals surface area contributed by atoms with Crippen LogP contribution in [-0.4, -0.2) is 70.7 Å². The van der Waals surface area contributed by atoms with E-state index >= 15 is 0 Å². The molecule has 1 heterocycles. The van der Waals surface area contributed by atoms with Crippen molar-refractivity contribution in [2.75, 3.05) is 33.2 Å². The molecule has 7 nitrogen and oxygen atoms in total. The van der Waals surface area contributed by atoms with Crippen LogP contribution in [0, 0.1) is 0 Å². The van der Waals surface area contributed by atoms with Crippen molar-refractivity contribution in [3.63, 3.8) is 0 Å². The number of phenols is 2. The van der Waals surface area contributed by atoms with Crippen LogP contribution in [0.5, 0.6) is 11.5 Å². The van der Waals surface area contributed by atoms with Gasteiger partial charge in [0.15, 0.2) is 23.1 Å². The summed E-state index contributed by atoms with van der Waals surface area (Å²) in [7, 11) is 1.95. The zero-order chi connectivity index (χ0) is 19.3. The minimum absolute atomic E-state index is 0.0634. The fraction of sp³-hybridized carbons (Fsp3) is 0.250. The van der Waals surface area contributed by atoms with Crippen molar-refractivity contribution in [2.45, 2.75) is 0 Å². The van der Waals surface area contributed by atoms with Crippen molar-refractivity contribution in [3.8, 4) is 11.5 Å². The van der Waals surface area contributed by atoms with Crippen molar-refractivity contribution in [2.24, 2.45) is 0 Å². The summed E-state index contributed by atoms with van der Waals surface area (Å²) in [5, 5.41) is 20.8. The summed E-state index contributed by atoms with van der Waals surface area (Å²) >= 11 is 0. The molecule has 2 aromatic carbocycles. The molecule has 1 fully saturated rings. The van der Waals surface area contributed by atoms with Gasteiger partial charge in [-0.2, -0.15) is 0 Å². The standard InChI is InChI=1S/C20H18N2O5/c1-21-6-8-22(9-7-21)20(27)14-10-13-15(19(26)18(14)25)17(24)12-5-3-2-4-11(12)16(13)23/h2-5,10,25-26H,6-9H2,1H3. The van der Waals surface area contributed by atoms with Crippen LogP contribution in [0.15, 0.2) is 30.3 Å². The van der Waals surface area contributed by atoms with Gasteiger partial charge in [-0.25, -0.2) is 0 Å². The Morgan fingerprint density at radius 2 is 1.48 bits per heavy atom. The minimum atomic E-state index is -0.724. The van der Waals surface area contributed by atoms with Crippen molar-refractivity contribution < 1.29 is 24.6 Å². The van der Waals surface area contributed by atoms with E-state index in [4.69, 9.17) is 0 Å². The molecular formula is C20H18N2O5. The summed E-state index contributed by atoms with van der Waals surface area (Å²) in [5.41, 5.74) is -0.102. The summed E-state index contributed by atoms with van der Waals surface area (Å²) in [6.07, 6.45) is 0. The number of rotatable bonds is 1. The number of piperazine rings is 1. The number of fused-ring (bicyclic) bond motifs is 2. The van der Waals surface area contributed by atoms with E-state index in [0.717, 1.165) is 0 Å². The number of aromatic hydroxyl groups is 2. The molecular weight excluding hydrogens is 348 g/mol. The normalized spacial score (nSPS) is 16.9.